The maximum Gasteiger partial charge on any atom is 0.305 e. The van der Waals surface area contributed by atoms with Crippen LogP contribution in [0.1, 0.15) is 24.2 Å². The van der Waals surface area contributed by atoms with E-state index in [2.05, 4.69) is 21.4 Å². The number of ether oxygens (including phenoxy) is 1. The van der Waals surface area contributed by atoms with Gasteiger partial charge in [0.2, 0.25) is 0 Å². The molecule has 0 saturated carbocycles. The molecule has 0 radical (unpaired) electrons. The molecule has 0 bridgehead atoms. The second-order valence-corrected chi connectivity index (χ2v) is 3.65. The van der Waals surface area contributed by atoms with Gasteiger partial charge in [-0.15, -0.1) is 0 Å². The predicted molar refractivity (Wildman–Crippen MR) is 53.1 cm³/mol. The number of carbonyl (C=O) groups excluding carboxylic acids is 1. The molecular formula is C11H15NO2. The van der Waals surface area contributed by atoms with Crippen LogP contribution in [0.4, 0.5) is 0 Å². The number of aromatic nitrogens is 1. The lowest BCUT2D eigenvalue weighted by Crippen LogP contribution is -2.05. The van der Waals surface area contributed by atoms with E-state index >= 15 is 0 Å². The van der Waals surface area contributed by atoms with Crippen LogP contribution in [0.3, 0.4) is 0 Å². The van der Waals surface area contributed by atoms with E-state index in [0.717, 1.165) is 13.0 Å². The van der Waals surface area contributed by atoms with Crippen molar-refractivity contribution in [1.29, 1.82) is 0 Å². The molecule has 0 fully saturated rings. The molecule has 3 heteroatoms. The van der Waals surface area contributed by atoms with Gasteiger partial charge in [-0.05, 0) is 31.4 Å². The van der Waals surface area contributed by atoms with Crippen molar-refractivity contribution in [1.82, 2.24) is 4.57 Å². The zero-order valence-corrected chi connectivity index (χ0v) is 8.45. The standard InChI is InChI=1S/C11H15NO2/c1-14-11(13)7-6-10-5-4-9-3-2-8-12(9)10/h4-5H,2-3,6-8H2,1H3. The van der Waals surface area contributed by atoms with Gasteiger partial charge in [-0.1, -0.05) is 0 Å². The fourth-order valence-electron chi connectivity index (χ4n) is 2.03. The Bertz CT molecular complexity index is 341. The lowest BCUT2D eigenvalue weighted by molar-refractivity contribution is -0.140. The summed E-state index contributed by atoms with van der Waals surface area (Å²) >= 11 is 0. The molecule has 14 heavy (non-hydrogen) atoms. The summed E-state index contributed by atoms with van der Waals surface area (Å²) in [7, 11) is 1.44. The molecule has 2 rings (SSSR count). The fraction of sp³-hybridized carbons (Fsp3) is 0.545. The van der Waals surface area contributed by atoms with Gasteiger partial charge in [-0.25, -0.2) is 0 Å². The summed E-state index contributed by atoms with van der Waals surface area (Å²) in [6, 6.07) is 4.29. The monoisotopic (exact) mass is 193 g/mol. The zero-order valence-electron chi connectivity index (χ0n) is 8.45. The first-order chi connectivity index (χ1) is 6.81. The minimum absolute atomic E-state index is 0.126. The quantitative estimate of drug-likeness (QED) is 0.682. The maximum atomic E-state index is 11.0. The molecule has 0 N–H and O–H groups in total. The predicted octanol–water partition coefficient (Wildman–Crippen LogP) is 1.54. The van der Waals surface area contributed by atoms with Crippen LogP contribution in [-0.4, -0.2) is 17.6 Å². The van der Waals surface area contributed by atoms with Gasteiger partial charge in [-0.3, -0.25) is 4.79 Å². The molecule has 0 aromatic carbocycles. The van der Waals surface area contributed by atoms with Crippen LogP contribution in [0.5, 0.6) is 0 Å². The normalized spacial score (nSPS) is 14.1. The maximum absolute atomic E-state index is 11.0. The van der Waals surface area contributed by atoms with Crippen LogP contribution in [0.25, 0.3) is 0 Å². The van der Waals surface area contributed by atoms with E-state index in [9.17, 15) is 4.79 Å². The van der Waals surface area contributed by atoms with Gasteiger partial charge >= 0.3 is 5.97 Å². The summed E-state index contributed by atoms with van der Waals surface area (Å²) in [6.45, 7) is 1.11. The van der Waals surface area contributed by atoms with Crippen molar-refractivity contribution in [3.63, 3.8) is 0 Å². The van der Waals surface area contributed by atoms with E-state index in [1.54, 1.807) is 0 Å². The number of fused-ring (bicyclic) bond motifs is 1. The average Bonchev–Trinajstić information content (AvgIpc) is 2.76. The van der Waals surface area contributed by atoms with Crippen molar-refractivity contribution in [2.75, 3.05) is 7.11 Å². The smallest absolute Gasteiger partial charge is 0.305 e. The molecular weight excluding hydrogens is 178 g/mol. The third-order valence-electron chi connectivity index (χ3n) is 2.79. The van der Waals surface area contributed by atoms with E-state index in [1.165, 1.54) is 31.3 Å². The molecule has 0 spiro atoms. The van der Waals surface area contributed by atoms with E-state index in [4.69, 9.17) is 0 Å². The van der Waals surface area contributed by atoms with Crippen molar-refractivity contribution < 1.29 is 9.53 Å². The first-order valence-corrected chi connectivity index (χ1v) is 5.05. The summed E-state index contributed by atoms with van der Waals surface area (Å²) < 4.78 is 6.94. The molecule has 0 amide bonds. The van der Waals surface area contributed by atoms with Crippen molar-refractivity contribution in [3.05, 3.63) is 23.5 Å². The lowest BCUT2D eigenvalue weighted by atomic mass is 10.2. The van der Waals surface area contributed by atoms with Crippen molar-refractivity contribution in [2.24, 2.45) is 0 Å². The van der Waals surface area contributed by atoms with Crippen LogP contribution < -0.4 is 0 Å². The summed E-state index contributed by atoms with van der Waals surface area (Å²) in [5, 5.41) is 0. The molecule has 76 valence electrons. The number of hydrogen-bond donors (Lipinski definition) is 0. The number of esters is 1. The Morgan fingerprint density at radius 3 is 3.21 bits per heavy atom. The Balaban J connectivity index is 2.00. The molecule has 0 unspecified atom stereocenters. The molecule has 3 nitrogen and oxygen atoms in total. The molecule has 1 aliphatic rings. The van der Waals surface area contributed by atoms with Crippen molar-refractivity contribution in [2.45, 2.75) is 32.2 Å². The van der Waals surface area contributed by atoms with Crippen LogP contribution in [-0.2, 0) is 28.9 Å². The van der Waals surface area contributed by atoms with Crippen LogP contribution in [0.2, 0.25) is 0 Å². The number of methoxy groups -OCH3 is 1. The molecule has 1 aromatic heterocycles. The second-order valence-electron chi connectivity index (χ2n) is 3.65. The van der Waals surface area contributed by atoms with E-state index < -0.39 is 0 Å². The number of rotatable bonds is 3. The van der Waals surface area contributed by atoms with Crippen molar-refractivity contribution >= 4 is 5.97 Å². The van der Waals surface area contributed by atoms with Crippen LogP contribution >= 0.6 is 0 Å². The molecule has 0 atom stereocenters. The number of hydrogen-bond acceptors (Lipinski definition) is 2. The van der Waals surface area contributed by atoms with Gasteiger partial charge in [0.25, 0.3) is 0 Å². The van der Waals surface area contributed by atoms with Gasteiger partial charge in [-0.2, -0.15) is 0 Å². The third-order valence-corrected chi connectivity index (χ3v) is 2.79. The lowest BCUT2D eigenvalue weighted by Gasteiger charge is -2.04. The zero-order chi connectivity index (χ0) is 9.97. The number of carbonyl (C=O) groups is 1. The Hall–Kier alpha value is -1.25. The molecule has 0 aliphatic carbocycles. The summed E-state index contributed by atoms with van der Waals surface area (Å²) in [5.41, 5.74) is 2.67. The highest BCUT2D eigenvalue weighted by Gasteiger charge is 2.14. The Labute approximate surface area is 83.7 Å². The molecule has 1 aromatic rings. The van der Waals surface area contributed by atoms with Gasteiger partial charge in [0, 0.05) is 17.9 Å². The highest BCUT2D eigenvalue weighted by molar-refractivity contribution is 5.69. The van der Waals surface area contributed by atoms with Gasteiger partial charge in [0.1, 0.15) is 0 Å². The number of aryl methyl sites for hydroxylation is 2. The van der Waals surface area contributed by atoms with Crippen LogP contribution in [0, 0.1) is 0 Å². The Morgan fingerprint density at radius 1 is 1.57 bits per heavy atom. The fourth-order valence-corrected chi connectivity index (χ4v) is 2.03. The third kappa shape index (κ3) is 1.67. The first-order valence-electron chi connectivity index (χ1n) is 5.05. The van der Waals surface area contributed by atoms with E-state index in [1.807, 2.05) is 0 Å². The highest BCUT2D eigenvalue weighted by atomic mass is 16.5. The first kappa shape index (κ1) is 9.31. The summed E-state index contributed by atoms with van der Waals surface area (Å²) in [4.78, 5) is 11.0. The number of nitrogens with zero attached hydrogens (tertiary/aromatic N) is 1. The van der Waals surface area contributed by atoms with E-state index in [-0.39, 0.29) is 5.97 Å². The highest BCUT2D eigenvalue weighted by Crippen LogP contribution is 2.19. The molecule has 0 saturated heterocycles. The van der Waals surface area contributed by atoms with Crippen LogP contribution in [0.15, 0.2) is 12.1 Å². The summed E-state index contributed by atoms with van der Waals surface area (Å²) in [5.74, 6) is -0.126. The largest absolute Gasteiger partial charge is 0.469 e. The Morgan fingerprint density at radius 2 is 2.43 bits per heavy atom. The molecule has 2 heterocycles. The summed E-state index contributed by atoms with van der Waals surface area (Å²) in [6.07, 6.45) is 3.70. The Kier molecular flexibility index (Phi) is 2.57. The van der Waals surface area contributed by atoms with Gasteiger partial charge in [0.05, 0.1) is 13.5 Å². The topological polar surface area (TPSA) is 31.2 Å². The van der Waals surface area contributed by atoms with Crippen molar-refractivity contribution in [3.8, 4) is 0 Å². The van der Waals surface area contributed by atoms with Gasteiger partial charge < -0.3 is 9.30 Å². The van der Waals surface area contributed by atoms with Gasteiger partial charge in [0.15, 0.2) is 0 Å². The minimum Gasteiger partial charge on any atom is -0.469 e. The minimum atomic E-state index is -0.126. The van der Waals surface area contributed by atoms with E-state index in [0.29, 0.717) is 6.42 Å². The average molecular weight is 193 g/mol. The second kappa shape index (κ2) is 3.86. The molecule has 1 aliphatic heterocycles. The SMILES string of the molecule is COC(=O)CCc1ccc2n1CCC2.